The van der Waals surface area contributed by atoms with Crippen LogP contribution in [0.15, 0.2) is 35.3 Å². The Morgan fingerprint density at radius 1 is 1.26 bits per heavy atom. The molecule has 5 nitrogen and oxygen atoms in total. The lowest BCUT2D eigenvalue weighted by molar-refractivity contribution is 0.533. The van der Waals surface area contributed by atoms with E-state index in [2.05, 4.69) is 4.99 Å². The van der Waals surface area contributed by atoms with E-state index < -0.39 is 0 Å². The van der Waals surface area contributed by atoms with Crippen molar-refractivity contribution < 1.29 is 4.39 Å². The van der Waals surface area contributed by atoms with Gasteiger partial charge in [0.05, 0.1) is 6.34 Å². The summed E-state index contributed by atoms with van der Waals surface area (Å²) in [4.78, 5) is 5.39. The Hall–Kier alpha value is -2.11. The van der Waals surface area contributed by atoms with Crippen LogP contribution in [0, 0.1) is 11.2 Å². The molecule has 106 valence electrons. The highest BCUT2D eigenvalue weighted by molar-refractivity contribution is 5.75. The topological polar surface area (TPSA) is 91.5 Å². The van der Waals surface area contributed by atoms with Crippen LogP contribution in [-0.4, -0.2) is 37.3 Å². The molecular weight excluding hydrogens is 245 g/mol. The molecule has 1 heterocycles. The number of rotatable bonds is 1. The van der Waals surface area contributed by atoms with Crippen molar-refractivity contribution in [3.05, 3.63) is 36.1 Å². The summed E-state index contributed by atoms with van der Waals surface area (Å²) >= 11 is 0. The minimum absolute atomic E-state index is 0.130. The number of hydrogen-bond donors (Lipinski definition) is 3. The predicted molar refractivity (Wildman–Crippen MR) is 77.7 cm³/mol. The quantitative estimate of drug-likeness (QED) is 0.530. The van der Waals surface area contributed by atoms with E-state index in [0.29, 0.717) is 0 Å². The lowest BCUT2D eigenvalue weighted by atomic mass is 10.4. The van der Waals surface area contributed by atoms with Crippen molar-refractivity contribution in [2.45, 2.75) is 12.8 Å². The molecule has 0 aromatic heterocycles. The van der Waals surface area contributed by atoms with E-state index in [-0.39, 0.29) is 11.8 Å². The molecule has 6 heteroatoms. The zero-order valence-electron chi connectivity index (χ0n) is 11.2. The van der Waals surface area contributed by atoms with Crippen LogP contribution in [0.25, 0.3) is 0 Å². The molecule has 5 N–H and O–H groups in total. The Balaban J connectivity index is 0.000000261. The predicted octanol–water partition coefficient (Wildman–Crippen LogP) is 1.40. The fraction of sp³-hybridized carbons (Fsp3) is 0.385. The molecule has 1 aromatic rings. The highest BCUT2D eigenvalue weighted by Gasteiger charge is 2.04. The number of nitrogens with two attached hydrogens (primary N) is 2. The zero-order valence-corrected chi connectivity index (χ0v) is 11.2. The average Bonchev–Trinajstić information content (AvgIpc) is 2.94. The van der Waals surface area contributed by atoms with Crippen LogP contribution < -0.4 is 11.5 Å². The molecule has 1 aliphatic heterocycles. The summed E-state index contributed by atoms with van der Waals surface area (Å²) < 4.78 is 11.9. The number of halogens is 1. The highest BCUT2D eigenvalue weighted by atomic mass is 19.1. The normalized spacial score (nSPS) is 12.4. The molecule has 1 fully saturated rings. The first-order chi connectivity index (χ1) is 9.10. The molecule has 0 unspecified atom stereocenters. The fourth-order valence-electron chi connectivity index (χ4n) is 1.29. The molecule has 0 radical (unpaired) electrons. The summed E-state index contributed by atoms with van der Waals surface area (Å²) in [6.45, 7) is 2.20. The molecular formula is C13H22FN5. The van der Waals surface area contributed by atoms with Gasteiger partial charge in [0.1, 0.15) is 5.82 Å². The minimum Gasteiger partial charge on any atom is -0.370 e. The second kappa shape index (κ2) is 11.0. The maximum absolute atomic E-state index is 11.9. The van der Waals surface area contributed by atoms with Crippen molar-refractivity contribution in [3.8, 4) is 0 Å². The van der Waals surface area contributed by atoms with Gasteiger partial charge in [0.25, 0.3) is 0 Å². The molecule has 1 aromatic carbocycles. The van der Waals surface area contributed by atoms with E-state index in [1.165, 1.54) is 38.4 Å². The largest absolute Gasteiger partial charge is 0.370 e. The molecule has 0 bridgehead atoms. The third-order valence-electron chi connectivity index (χ3n) is 2.31. The first-order valence-corrected chi connectivity index (χ1v) is 6.03. The minimum atomic E-state index is -0.178. The van der Waals surface area contributed by atoms with Crippen molar-refractivity contribution in [1.29, 1.82) is 5.41 Å². The number of guanidine groups is 1. The molecule has 19 heavy (non-hydrogen) atoms. The maximum Gasteiger partial charge on any atom is 0.185 e. The number of aliphatic imine (C=N–C) groups is 1. The van der Waals surface area contributed by atoms with Gasteiger partial charge in [0, 0.05) is 20.1 Å². The van der Waals surface area contributed by atoms with Gasteiger partial charge >= 0.3 is 0 Å². The summed E-state index contributed by atoms with van der Waals surface area (Å²) in [5.74, 6) is -0.0486. The maximum atomic E-state index is 11.9. The Kier molecular flexibility index (Phi) is 9.79. The van der Waals surface area contributed by atoms with Gasteiger partial charge in [-0.1, -0.05) is 18.2 Å². The van der Waals surface area contributed by atoms with Gasteiger partial charge in [-0.2, -0.15) is 0 Å². The number of nitrogens with one attached hydrogen (secondary N) is 1. The van der Waals surface area contributed by atoms with Crippen molar-refractivity contribution in [3.63, 3.8) is 0 Å². The van der Waals surface area contributed by atoms with Gasteiger partial charge in [-0.3, -0.25) is 10.4 Å². The smallest absolute Gasteiger partial charge is 0.185 e. The molecule has 0 atom stereocenters. The van der Waals surface area contributed by atoms with Crippen molar-refractivity contribution in [2.75, 3.05) is 20.1 Å². The number of hydrogen-bond acceptors (Lipinski definition) is 2. The van der Waals surface area contributed by atoms with Crippen LogP contribution in [-0.2, 0) is 0 Å². The van der Waals surface area contributed by atoms with E-state index in [4.69, 9.17) is 16.9 Å². The monoisotopic (exact) mass is 267 g/mol. The molecule has 1 aliphatic rings. The molecule has 0 saturated carbocycles. The highest BCUT2D eigenvalue weighted by Crippen LogP contribution is 2.02. The van der Waals surface area contributed by atoms with E-state index in [0.717, 1.165) is 13.1 Å². The lowest BCUT2D eigenvalue weighted by Crippen LogP contribution is -2.21. The number of likely N-dealkylation sites (tertiary alicyclic amines) is 1. The van der Waals surface area contributed by atoms with Crippen molar-refractivity contribution in [2.24, 2.45) is 16.5 Å². The molecule has 2 rings (SSSR count). The first-order valence-electron chi connectivity index (χ1n) is 6.03. The van der Waals surface area contributed by atoms with Gasteiger partial charge in [-0.25, -0.2) is 4.39 Å². The molecule has 0 spiro atoms. The summed E-state index contributed by atoms with van der Waals surface area (Å²) in [7, 11) is 1.54. The third kappa shape index (κ3) is 10.7. The average molecular weight is 267 g/mol. The fourth-order valence-corrected chi connectivity index (χ4v) is 1.29. The Morgan fingerprint density at radius 2 is 1.74 bits per heavy atom. The Labute approximate surface area is 113 Å². The second-order valence-corrected chi connectivity index (χ2v) is 3.82. The molecule has 0 aliphatic carbocycles. The summed E-state index contributed by atoms with van der Waals surface area (Å²) in [5.41, 5.74) is 9.64. The van der Waals surface area contributed by atoms with Crippen molar-refractivity contribution >= 4 is 12.3 Å². The van der Waals surface area contributed by atoms with Crippen LogP contribution in [0.1, 0.15) is 12.8 Å². The van der Waals surface area contributed by atoms with Crippen LogP contribution in [0.4, 0.5) is 4.39 Å². The summed E-state index contributed by atoms with van der Waals surface area (Å²) in [5, 5.41) is 6.80. The summed E-state index contributed by atoms with van der Waals surface area (Å²) in [6.07, 6.45) is 3.97. The van der Waals surface area contributed by atoms with Gasteiger partial charge < -0.3 is 16.4 Å². The van der Waals surface area contributed by atoms with E-state index in [1.54, 1.807) is 18.2 Å². The van der Waals surface area contributed by atoms with Crippen LogP contribution in [0.3, 0.4) is 0 Å². The lowest BCUT2D eigenvalue weighted by Gasteiger charge is -2.05. The first kappa shape index (κ1) is 16.9. The summed E-state index contributed by atoms with van der Waals surface area (Å²) in [6, 6.07) is 7.94. The van der Waals surface area contributed by atoms with Crippen molar-refractivity contribution in [1.82, 2.24) is 4.90 Å². The number of benzene rings is 1. The van der Waals surface area contributed by atoms with Gasteiger partial charge in [0.15, 0.2) is 5.96 Å². The SMILES string of the molecule is CN=C(N)N.Fc1ccccc1.N=CN1CCCC1. The standard InChI is InChI=1S/C6H5F.C5H10N2.C2H7N3/c7-6-4-2-1-3-5-6;6-5-7-3-1-2-4-7;1-5-2(3)4/h1-5H;5-6H,1-4H2;1H3,(H4,3,4,5). The Bertz CT molecular complexity index is 357. The Morgan fingerprint density at radius 3 is 1.95 bits per heavy atom. The number of nitrogens with zero attached hydrogens (tertiary/aromatic N) is 2. The zero-order chi connectivity index (χ0) is 14.5. The molecule has 1 saturated heterocycles. The van der Waals surface area contributed by atoms with E-state index in [9.17, 15) is 4.39 Å². The van der Waals surface area contributed by atoms with Gasteiger partial charge in [-0.15, -0.1) is 0 Å². The van der Waals surface area contributed by atoms with E-state index >= 15 is 0 Å². The van der Waals surface area contributed by atoms with Crippen LogP contribution >= 0.6 is 0 Å². The van der Waals surface area contributed by atoms with Crippen LogP contribution in [0.5, 0.6) is 0 Å². The van der Waals surface area contributed by atoms with E-state index in [1.807, 2.05) is 4.90 Å². The van der Waals surface area contributed by atoms with Gasteiger partial charge in [-0.05, 0) is 25.0 Å². The third-order valence-corrected chi connectivity index (χ3v) is 2.31. The van der Waals surface area contributed by atoms with Crippen LogP contribution in [0.2, 0.25) is 0 Å². The second-order valence-electron chi connectivity index (χ2n) is 3.82. The molecule has 0 amide bonds. The van der Waals surface area contributed by atoms with Gasteiger partial charge in [0.2, 0.25) is 0 Å².